The first kappa shape index (κ1) is 22.9. The van der Waals surface area contributed by atoms with Gasteiger partial charge in [0, 0.05) is 25.2 Å². The van der Waals surface area contributed by atoms with Gasteiger partial charge in [-0.05, 0) is 37.5 Å². The van der Waals surface area contributed by atoms with Crippen molar-refractivity contribution in [2.75, 3.05) is 24.5 Å². The molecule has 172 valence electrons. The number of thioether (sulfide) groups is 1. The molecule has 12 heteroatoms. The summed E-state index contributed by atoms with van der Waals surface area (Å²) in [4.78, 5) is 56.6. The summed E-state index contributed by atoms with van der Waals surface area (Å²) < 4.78 is 1.53. The predicted octanol–water partition coefficient (Wildman–Crippen LogP) is 0.990. The first-order valence-corrected chi connectivity index (χ1v) is 11.4. The fraction of sp³-hybridized carbons (Fsp3) is 0.333. The van der Waals surface area contributed by atoms with E-state index in [1.807, 2.05) is 17.9 Å². The monoisotopic (exact) mass is 487 g/mol. The summed E-state index contributed by atoms with van der Waals surface area (Å²) >= 11 is 6.11. The standard InChI is InChI=1S/C21H21N5O5S2/c1-11-2-3-15-23-18(24-6-4-12(5-7-24)17(22)29)13(19(30)25(15)9-11)8-14-20(31)26(10-16(27)28)21(32)33-14/h2-3,8-9,12H,4-7,10H2,1H3,(H2,22,29)(H,27,28)/b14-8+. The number of amides is 2. The van der Waals surface area contributed by atoms with Gasteiger partial charge in [0.25, 0.3) is 11.5 Å². The maximum Gasteiger partial charge on any atom is 0.323 e. The van der Waals surface area contributed by atoms with Crippen LogP contribution in [0.4, 0.5) is 5.82 Å². The van der Waals surface area contributed by atoms with Crippen molar-refractivity contribution in [2.45, 2.75) is 19.8 Å². The van der Waals surface area contributed by atoms with E-state index in [-0.39, 0.29) is 32.2 Å². The van der Waals surface area contributed by atoms with E-state index in [0.717, 1.165) is 22.2 Å². The molecule has 0 aromatic carbocycles. The summed E-state index contributed by atoms with van der Waals surface area (Å²) in [7, 11) is 0. The Kier molecular flexibility index (Phi) is 6.21. The third-order valence-corrected chi connectivity index (χ3v) is 7.00. The quantitative estimate of drug-likeness (QED) is 0.467. The van der Waals surface area contributed by atoms with Gasteiger partial charge < -0.3 is 15.7 Å². The first-order chi connectivity index (χ1) is 15.7. The number of piperidine rings is 1. The number of carbonyl (C=O) groups excluding carboxylic acids is 2. The summed E-state index contributed by atoms with van der Waals surface area (Å²) in [6.07, 6.45) is 4.16. The molecule has 3 N–H and O–H groups in total. The number of anilines is 1. The van der Waals surface area contributed by atoms with E-state index in [1.165, 1.54) is 10.5 Å². The fourth-order valence-electron chi connectivity index (χ4n) is 3.89. The van der Waals surface area contributed by atoms with Crippen LogP contribution in [0.25, 0.3) is 11.7 Å². The fourth-order valence-corrected chi connectivity index (χ4v) is 5.13. The van der Waals surface area contributed by atoms with Crippen LogP contribution in [-0.2, 0) is 14.4 Å². The van der Waals surface area contributed by atoms with Gasteiger partial charge in [-0.25, -0.2) is 4.98 Å². The highest BCUT2D eigenvalue weighted by molar-refractivity contribution is 8.26. The number of carboxylic acids is 1. The zero-order valence-corrected chi connectivity index (χ0v) is 19.3. The van der Waals surface area contributed by atoms with Gasteiger partial charge in [-0.15, -0.1) is 0 Å². The number of carbonyl (C=O) groups is 3. The number of hydrogen-bond donors (Lipinski definition) is 2. The number of carboxylic acid groups (broad SMARTS) is 1. The molecule has 0 atom stereocenters. The van der Waals surface area contributed by atoms with Crippen molar-refractivity contribution in [1.29, 1.82) is 0 Å². The molecule has 10 nitrogen and oxygen atoms in total. The number of nitrogens with zero attached hydrogens (tertiary/aromatic N) is 4. The summed E-state index contributed by atoms with van der Waals surface area (Å²) in [6.45, 7) is 2.25. The number of nitrogens with two attached hydrogens (primary N) is 1. The van der Waals surface area contributed by atoms with Crippen LogP contribution < -0.4 is 16.2 Å². The summed E-state index contributed by atoms with van der Waals surface area (Å²) in [5.41, 5.74) is 6.60. The molecular formula is C21H21N5O5S2. The summed E-state index contributed by atoms with van der Waals surface area (Å²) in [5.74, 6) is -1.94. The second-order valence-corrected chi connectivity index (χ2v) is 9.59. The molecule has 2 amide bonds. The van der Waals surface area contributed by atoms with E-state index in [4.69, 9.17) is 28.0 Å². The van der Waals surface area contributed by atoms with Gasteiger partial charge in [-0.1, -0.05) is 30.0 Å². The second-order valence-electron chi connectivity index (χ2n) is 7.91. The molecule has 2 aromatic heterocycles. The molecule has 0 aliphatic carbocycles. The van der Waals surface area contributed by atoms with E-state index in [1.54, 1.807) is 12.3 Å². The predicted molar refractivity (Wildman–Crippen MR) is 128 cm³/mol. The lowest BCUT2D eigenvalue weighted by molar-refractivity contribution is -0.140. The molecular weight excluding hydrogens is 466 g/mol. The summed E-state index contributed by atoms with van der Waals surface area (Å²) in [5, 5.41) is 9.06. The highest BCUT2D eigenvalue weighted by atomic mass is 32.2. The third kappa shape index (κ3) is 4.48. The van der Waals surface area contributed by atoms with Crippen LogP contribution in [0.15, 0.2) is 28.0 Å². The number of thiocarbonyl (C=S) groups is 1. The maximum absolute atomic E-state index is 13.5. The molecule has 0 saturated carbocycles. The number of aryl methyl sites for hydroxylation is 1. The average Bonchev–Trinajstić information content (AvgIpc) is 3.03. The number of fused-ring (bicyclic) bond motifs is 1. The van der Waals surface area contributed by atoms with Gasteiger partial charge in [0.15, 0.2) is 0 Å². The van der Waals surface area contributed by atoms with Crippen LogP contribution in [0.1, 0.15) is 24.0 Å². The molecule has 2 fully saturated rings. The van der Waals surface area contributed by atoms with E-state index < -0.39 is 18.4 Å². The minimum absolute atomic E-state index is 0.113. The number of primary amides is 1. The van der Waals surface area contributed by atoms with Crippen molar-refractivity contribution in [3.8, 4) is 0 Å². The lowest BCUT2D eigenvalue weighted by Gasteiger charge is -2.32. The molecule has 0 spiro atoms. The molecule has 2 aliphatic heterocycles. The average molecular weight is 488 g/mol. The highest BCUT2D eigenvalue weighted by Gasteiger charge is 2.34. The molecule has 4 heterocycles. The zero-order valence-electron chi connectivity index (χ0n) is 17.7. The van der Waals surface area contributed by atoms with Gasteiger partial charge in [0.05, 0.1) is 10.5 Å². The molecule has 2 saturated heterocycles. The Morgan fingerprint density at radius 2 is 2.00 bits per heavy atom. The van der Waals surface area contributed by atoms with Crippen molar-refractivity contribution in [2.24, 2.45) is 11.7 Å². The lowest BCUT2D eigenvalue weighted by Crippen LogP contribution is -2.40. The Bertz CT molecular complexity index is 1280. The number of pyridine rings is 1. The normalized spacial score (nSPS) is 18.5. The first-order valence-electron chi connectivity index (χ1n) is 10.2. The summed E-state index contributed by atoms with van der Waals surface area (Å²) in [6, 6.07) is 3.59. The zero-order chi connectivity index (χ0) is 23.9. The van der Waals surface area contributed by atoms with Crippen LogP contribution in [0.3, 0.4) is 0 Å². The Balaban J connectivity index is 1.81. The molecule has 4 rings (SSSR count). The van der Waals surface area contributed by atoms with E-state index in [2.05, 4.69) is 0 Å². The molecule has 0 unspecified atom stereocenters. The SMILES string of the molecule is Cc1ccc2nc(N3CCC(C(N)=O)CC3)c(/C=C3/SC(=S)N(CC(=O)O)C3=O)c(=O)n2c1. The Morgan fingerprint density at radius 1 is 1.30 bits per heavy atom. The second kappa shape index (κ2) is 8.94. The number of hydrogen-bond acceptors (Lipinski definition) is 8. The lowest BCUT2D eigenvalue weighted by atomic mass is 9.96. The van der Waals surface area contributed by atoms with Crippen molar-refractivity contribution in [1.82, 2.24) is 14.3 Å². The van der Waals surface area contributed by atoms with Crippen molar-refractivity contribution in [3.63, 3.8) is 0 Å². The van der Waals surface area contributed by atoms with Crippen LogP contribution in [-0.4, -0.2) is 61.1 Å². The Labute approximate surface area is 198 Å². The Hall–Kier alpha value is -3.25. The van der Waals surface area contributed by atoms with Crippen molar-refractivity contribution in [3.05, 3.63) is 44.7 Å². The molecule has 33 heavy (non-hydrogen) atoms. The van der Waals surface area contributed by atoms with Crippen LogP contribution >= 0.6 is 24.0 Å². The minimum atomic E-state index is -1.19. The van der Waals surface area contributed by atoms with Gasteiger partial charge in [-0.2, -0.15) is 0 Å². The minimum Gasteiger partial charge on any atom is -0.480 e. The molecule has 0 radical (unpaired) electrons. The van der Waals surface area contributed by atoms with Gasteiger partial charge >= 0.3 is 5.97 Å². The van der Waals surface area contributed by atoms with Gasteiger partial charge in [0.2, 0.25) is 5.91 Å². The van der Waals surface area contributed by atoms with Gasteiger partial charge in [0.1, 0.15) is 22.3 Å². The van der Waals surface area contributed by atoms with Crippen molar-refractivity contribution >= 4 is 63.6 Å². The highest BCUT2D eigenvalue weighted by Crippen LogP contribution is 2.34. The molecule has 2 aromatic rings. The molecule has 2 aliphatic rings. The van der Waals surface area contributed by atoms with E-state index in [0.29, 0.717) is 37.4 Å². The largest absolute Gasteiger partial charge is 0.480 e. The van der Waals surface area contributed by atoms with Crippen molar-refractivity contribution < 1.29 is 19.5 Å². The number of aliphatic carboxylic acids is 1. The maximum atomic E-state index is 13.5. The van der Waals surface area contributed by atoms with Gasteiger partial charge in [-0.3, -0.25) is 28.5 Å². The number of aromatic nitrogens is 2. The molecule has 0 bridgehead atoms. The van der Waals surface area contributed by atoms with E-state index >= 15 is 0 Å². The topological polar surface area (TPSA) is 138 Å². The van der Waals surface area contributed by atoms with Crippen LogP contribution in [0.5, 0.6) is 0 Å². The third-order valence-electron chi connectivity index (χ3n) is 5.62. The smallest absolute Gasteiger partial charge is 0.323 e. The van der Waals surface area contributed by atoms with Crippen LogP contribution in [0.2, 0.25) is 0 Å². The van der Waals surface area contributed by atoms with E-state index in [9.17, 15) is 19.2 Å². The Morgan fingerprint density at radius 3 is 2.64 bits per heavy atom. The number of rotatable bonds is 5. The van der Waals surface area contributed by atoms with Crippen LogP contribution in [0, 0.1) is 12.8 Å².